The van der Waals surface area contributed by atoms with Crippen LogP contribution in [0.3, 0.4) is 0 Å². The van der Waals surface area contributed by atoms with E-state index < -0.39 is 0 Å². The first-order valence-electron chi connectivity index (χ1n) is 5.75. The molecule has 0 aliphatic heterocycles. The lowest BCUT2D eigenvalue weighted by atomic mass is 9.83. The molecule has 1 aromatic carbocycles. The maximum Gasteiger partial charge on any atom is 0.119 e. The molecule has 0 atom stereocenters. The van der Waals surface area contributed by atoms with Gasteiger partial charge in [-0.25, -0.2) is 0 Å². The van der Waals surface area contributed by atoms with Gasteiger partial charge in [-0.05, 0) is 48.1 Å². The molecule has 1 fully saturated rings. The molecule has 1 aromatic rings. The molecule has 3 N–H and O–H groups in total. The van der Waals surface area contributed by atoms with Crippen LogP contribution in [0.1, 0.15) is 49.1 Å². The number of phenols is 1. The van der Waals surface area contributed by atoms with Crippen molar-refractivity contribution in [2.45, 2.75) is 44.6 Å². The van der Waals surface area contributed by atoms with Gasteiger partial charge >= 0.3 is 0 Å². The first kappa shape index (κ1) is 10.5. The summed E-state index contributed by atoms with van der Waals surface area (Å²) in [6.07, 6.45) is 6.29. The molecule has 2 nitrogen and oxygen atoms in total. The average Bonchev–Trinajstić information content (AvgIpc) is 2.30. The van der Waals surface area contributed by atoms with Gasteiger partial charge in [0.25, 0.3) is 0 Å². The Labute approximate surface area is 91.1 Å². The molecule has 0 heterocycles. The normalized spacial score (nSPS) is 17.9. The standard InChI is InChI=1S/C13H18NO/c14-9-10-6-7-12(13(15)8-10)11-4-2-1-3-5-11/h7-8,11,15H,1-5,9,14H2. The fraction of sp³-hybridized carbons (Fsp3) is 0.538. The van der Waals surface area contributed by atoms with Crippen molar-refractivity contribution in [3.05, 3.63) is 29.3 Å². The minimum atomic E-state index is 0.404. The second-order valence-electron chi connectivity index (χ2n) is 4.34. The topological polar surface area (TPSA) is 46.2 Å². The minimum Gasteiger partial charge on any atom is -0.508 e. The molecule has 0 aromatic heterocycles. The molecule has 2 heteroatoms. The lowest BCUT2D eigenvalue weighted by Gasteiger charge is -2.22. The third kappa shape index (κ3) is 2.32. The molecule has 0 spiro atoms. The first-order chi connectivity index (χ1) is 7.31. The van der Waals surface area contributed by atoms with E-state index in [4.69, 9.17) is 5.73 Å². The number of hydrogen-bond acceptors (Lipinski definition) is 2. The van der Waals surface area contributed by atoms with E-state index in [1.165, 1.54) is 32.1 Å². The van der Waals surface area contributed by atoms with Crippen molar-refractivity contribution in [1.82, 2.24) is 0 Å². The second-order valence-corrected chi connectivity index (χ2v) is 4.34. The maximum atomic E-state index is 9.90. The van der Waals surface area contributed by atoms with Crippen LogP contribution >= 0.6 is 0 Å². The third-order valence-corrected chi connectivity index (χ3v) is 3.28. The van der Waals surface area contributed by atoms with Gasteiger partial charge in [0.2, 0.25) is 0 Å². The molecule has 1 radical (unpaired) electrons. The number of nitrogens with two attached hydrogens (primary N) is 1. The fourth-order valence-electron chi connectivity index (χ4n) is 2.39. The van der Waals surface area contributed by atoms with Crippen LogP contribution in [-0.4, -0.2) is 5.11 Å². The van der Waals surface area contributed by atoms with Gasteiger partial charge in [-0.3, -0.25) is 0 Å². The van der Waals surface area contributed by atoms with E-state index in [0.29, 0.717) is 18.2 Å². The highest BCUT2D eigenvalue weighted by atomic mass is 16.3. The summed E-state index contributed by atoms with van der Waals surface area (Å²) < 4.78 is 0. The highest BCUT2D eigenvalue weighted by molar-refractivity contribution is 5.38. The summed E-state index contributed by atoms with van der Waals surface area (Å²) in [6.45, 7) is 0.443. The van der Waals surface area contributed by atoms with Crippen LogP contribution in [0.5, 0.6) is 5.75 Å². The summed E-state index contributed by atoms with van der Waals surface area (Å²) >= 11 is 0. The Kier molecular flexibility index (Phi) is 3.27. The zero-order chi connectivity index (χ0) is 10.7. The molecule has 2 rings (SSSR count). The zero-order valence-corrected chi connectivity index (χ0v) is 9.00. The largest absolute Gasteiger partial charge is 0.508 e. The van der Waals surface area contributed by atoms with E-state index in [9.17, 15) is 5.11 Å². The molecule has 0 unspecified atom stereocenters. The molecule has 15 heavy (non-hydrogen) atoms. The lowest BCUT2D eigenvalue weighted by Crippen LogP contribution is -2.05. The SMILES string of the molecule is NCc1[c]cc(C2CCCCC2)c(O)c1. The summed E-state index contributed by atoms with van der Waals surface area (Å²) in [7, 11) is 0. The molecular formula is C13H18NO. The minimum absolute atomic E-state index is 0.404. The van der Waals surface area contributed by atoms with E-state index in [1.54, 1.807) is 6.07 Å². The van der Waals surface area contributed by atoms with Crippen LogP contribution in [0.15, 0.2) is 12.1 Å². The number of hydrogen-bond donors (Lipinski definition) is 2. The lowest BCUT2D eigenvalue weighted by molar-refractivity contribution is 0.414. The van der Waals surface area contributed by atoms with Gasteiger partial charge < -0.3 is 10.8 Å². The second kappa shape index (κ2) is 4.67. The van der Waals surface area contributed by atoms with Crippen molar-refractivity contribution in [2.75, 3.05) is 0 Å². The van der Waals surface area contributed by atoms with Crippen molar-refractivity contribution in [2.24, 2.45) is 5.73 Å². The van der Waals surface area contributed by atoms with Crippen molar-refractivity contribution in [1.29, 1.82) is 0 Å². The first-order valence-corrected chi connectivity index (χ1v) is 5.75. The molecular weight excluding hydrogens is 186 g/mol. The van der Waals surface area contributed by atoms with Crippen molar-refractivity contribution in [3.63, 3.8) is 0 Å². The van der Waals surface area contributed by atoms with Crippen LogP contribution in [0.2, 0.25) is 0 Å². The zero-order valence-electron chi connectivity index (χ0n) is 9.00. The third-order valence-electron chi connectivity index (χ3n) is 3.28. The quantitative estimate of drug-likeness (QED) is 0.778. The van der Waals surface area contributed by atoms with E-state index >= 15 is 0 Å². The van der Waals surface area contributed by atoms with Gasteiger partial charge in [0.1, 0.15) is 5.75 Å². The van der Waals surface area contributed by atoms with Gasteiger partial charge in [-0.2, -0.15) is 0 Å². The highest BCUT2D eigenvalue weighted by Crippen LogP contribution is 2.37. The Bertz CT molecular complexity index is 329. The number of phenolic OH excluding ortho intramolecular Hbond substituents is 1. The van der Waals surface area contributed by atoms with Crippen LogP contribution in [0.25, 0.3) is 0 Å². The number of rotatable bonds is 2. The summed E-state index contributed by atoms with van der Waals surface area (Å²) in [5, 5.41) is 9.90. The van der Waals surface area contributed by atoms with Crippen LogP contribution in [0, 0.1) is 6.07 Å². The highest BCUT2D eigenvalue weighted by Gasteiger charge is 2.18. The molecule has 0 amide bonds. The monoisotopic (exact) mass is 204 g/mol. The van der Waals surface area contributed by atoms with Gasteiger partial charge in [0.05, 0.1) is 0 Å². The summed E-state index contributed by atoms with van der Waals surface area (Å²) in [5.74, 6) is 0.933. The fourth-order valence-corrected chi connectivity index (χ4v) is 2.39. The van der Waals surface area contributed by atoms with Crippen molar-refractivity contribution < 1.29 is 5.11 Å². The summed E-state index contributed by atoms with van der Waals surface area (Å²) in [6, 6.07) is 6.82. The molecule has 1 aliphatic rings. The Hall–Kier alpha value is -1.02. The van der Waals surface area contributed by atoms with Crippen molar-refractivity contribution >= 4 is 0 Å². The van der Waals surface area contributed by atoms with Gasteiger partial charge in [0.15, 0.2) is 0 Å². The van der Waals surface area contributed by atoms with Crippen LogP contribution in [-0.2, 0) is 6.54 Å². The molecule has 1 saturated carbocycles. The van der Waals surface area contributed by atoms with E-state index in [0.717, 1.165) is 11.1 Å². The number of aromatic hydroxyl groups is 1. The van der Waals surface area contributed by atoms with Gasteiger partial charge in [0, 0.05) is 6.54 Å². The maximum absolute atomic E-state index is 9.90. The van der Waals surface area contributed by atoms with Crippen LogP contribution in [0.4, 0.5) is 0 Å². The molecule has 81 valence electrons. The van der Waals surface area contributed by atoms with E-state index in [-0.39, 0.29) is 0 Å². The Morgan fingerprint density at radius 3 is 2.67 bits per heavy atom. The predicted octanol–water partition coefficient (Wildman–Crippen LogP) is 2.70. The van der Waals surface area contributed by atoms with E-state index in [2.05, 4.69) is 6.07 Å². The van der Waals surface area contributed by atoms with Crippen LogP contribution < -0.4 is 5.73 Å². The van der Waals surface area contributed by atoms with E-state index in [1.807, 2.05) is 6.07 Å². The Morgan fingerprint density at radius 1 is 1.33 bits per heavy atom. The summed E-state index contributed by atoms with van der Waals surface area (Å²) in [5.41, 5.74) is 7.45. The Morgan fingerprint density at radius 2 is 2.07 bits per heavy atom. The van der Waals surface area contributed by atoms with Gasteiger partial charge in [-0.15, -0.1) is 0 Å². The number of benzene rings is 1. The average molecular weight is 204 g/mol. The Balaban J connectivity index is 2.19. The van der Waals surface area contributed by atoms with Gasteiger partial charge in [-0.1, -0.05) is 19.3 Å². The molecule has 0 saturated heterocycles. The molecule has 1 aliphatic carbocycles. The predicted molar refractivity (Wildman–Crippen MR) is 60.7 cm³/mol. The van der Waals surface area contributed by atoms with Crippen molar-refractivity contribution in [3.8, 4) is 5.75 Å². The summed E-state index contributed by atoms with van der Waals surface area (Å²) in [4.78, 5) is 0. The smallest absolute Gasteiger partial charge is 0.119 e. The molecule has 0 bridgehead atoms.